The highest BCUT2D eigenvalue weighted by Gasteiger charge is 2.30. The van der Waals surface area contributed by atoms with Crippen molar-refractivity contribution in [2.24, 2.45) is 0 Å². The van der Waals surface area contributed by atoms with Crippen molar-refractivity contribution in [3.8, 4) is 0 Å². The molecule has 1 aliphatic rings. The Morgan fingerprint density at radius 3 is 2.75 bits per heavy atom. The van der Waals surface area contributed by atoms with Crippen LogP contribution in [-0.4, -0.2) is 37.7 Å². The molecule has 1 aromatic carbocycles. The van der Waals surface area contributed by atoms with Gasteiger partial charge in [0.25, 0.3) is 5.91 Å². The fraction of sp³-hybridized carbons (Fsp3) is 0.389. The van der Waals surface area contributed by atoms with Gasteiger partial charge in [-0.3, -0.25) is 9.48 Å². The molecule has 0 saturated heterocycles. The van der Waals surface area contributed by atoms with Crippen LogP contribution in [0.25, 0.3) is 0 Å². The number of fused-ring (bicyclic) bond motifs is 1. The normalized spacial score (nSPS) is 14.7. The molecule has 1 aliphatic heterocycles. The van der Waals surface area contributed by atoms with Crippen LogP contribution in [0.15, 0.2) is 36.5 Å². The molecular formula is C18H21N3O3. The molecule has 1 unspecified atom stereocenters. The predicted octanol–water partition coefficient (Wildman–Crippen LogP) is 2.33. The lowest BCUT2D eigenvalue weighted by Crippen LogP contribution is -2.43. The molecule has 1 atom stereocenters. The summed E-state index contributed by atoms with van der Waals surface area (Å²) in [6, 6.07) is 8.53. The van der Waals surface area contributed by atoms with Crippen LogP contribution in [0, 0.1) is 0 Å². The molecule has 1 N–H and O–H groups in total. The molecular weight excluding hydrogens is 306 g/mol. The van der Waals surface area contributed by atoms with Crippen molar-refractivity contribution in [3.63, 3.8) is 0 Å². The van der Waals surface area contributed by atoms with Crippen molar-refractivity contribution in [1.82, 2.24) is 14.7 Å². The van der Waals surface area contributed by atoms with E-state index in [0.29, 0.717) is 5.56 Å². The molecule has 0 bridgehead atoms. The number of carboxylic acid groups (broad SMARTS) is 1. The van der Waals surface area contributed by atoms with E-state index >= 15 is 0 Å². The van der Waals surface area contributed by atoms with E-state index in [1.54, 1.807) is 13.1 Å². The van der Waals surface area contributed by atoms with E-state index in [9.17, 15) is 14.7 Å². The molecule has 0 aliphatic carbocycles. The molecule has 0 fully saturated rings. The average molecular weight is 327 g/mol. The molecule has 1 amide bonds. The summed E-state index contributed by atoms with van der Waals surface area (Å²) in [6.07, 6.45) is 4.47. The van der Waals surface area contributed by atoms with E-state index in [0.717, 1.165) is 37.1 Å². The molecule has 1 aromatic heterocycles. The Balaban J connectivity index is 1.91. The topological polar surface area (TPSA) is 75.4 Å². The van der Waals surface area contributed by atoms with Gasteiger partial charge in [-0.1, -0.05) is 30.3 Å². The first kappa shape index (κ1) is 16.2. The molecule has 24 heavy (non-hydrogen) atoms. The first-order chi connectivity index (χ1) is 11.6. The highest BCUT2D eigenvalue weighted by Crippen LogP contribution is 2.21. The number of hydrogen-bond acceptors (Lipinski definition) is 3. The Hall–Kier alpha value is -2.63. The zero-order valence-corrected chi connectivity index (χ0v) is 13.7. The number of hydrogen-bond donors (Lipinski definition) is 1. The van der Waals surface area contributed by atoms with E-state index in [4.69, 9.17) is 0 Å². The molecule has 126 valence electrons. The van der Waals surface area contributed by atoms with Gasteiger partial charge in [-0.05, 0) is 31.7 Å². The van der Waals surface area contributed by atoms with Crippen LogP contribution in [0.1, 0.15) is 41.4 Å². The second kappa shape index (κ2) is 6.86. The maximum atomic E-state index is 13.0. The minimum absolute atomic E-state index is 0.262. The monoisotopic (exact) mass is 327 g/mol. The zero-order chi connectivity index (χ0) is 17.1. The van der Waals surface area contributed by atoms with Crippen LogP contribution in [0.3, 0.4) is 0 Å². The highest BCUT2D eigenvalue weighted by molar-refractivity contribution is 5.97. The third-order valence-electron chi connectivity index (χ3n) is 4.49. The van der Waals surface area contributed by atoms with E-state index in [-0.39, 0.29) is 12.5 Å². The summed E-state index contributed by atoms with van der Waals surface area (Å²) in [5.74, 6) is -1.28. The summed E-state index contributed by atoms with van der Waals surface area (Å²) < 4.78 is 1.86. The average Bonchev–Trinajstić information content (AvgIpc) is 3.03. The van der Waals surface area contributed by atoms with Crippen LogP contribution < -0.4 is 0 Å². The van der Waals surface area contributed by atoms with Gasteiger partial charge >= 0.3 is 5.97 Å². The summed E-state index contributed by atoms with van der Waals surface area (Å²) in [4.78, 5) is 25.9. The van der Waals surface area contributed by atoms with Crippen molar-refractivity contribution in [1.29, 1.82) is 0 Å². The van der Waals surface area contributed by atoms with Gasteiger partial charge in [0, 0.05) is 13.1 Å². The van der Waals surface area contributed by atoms with Gasteiger partial charge in [0.1, 0.15) is 6.04 Å². The third-order valence-corrected chi connectivity index (χ3v) is 4.49. The molecule has 3 rings (SSSR count). The number of carbonyl (C=O) groups excluding carboxylic acids is 1. The number of carbonyl (C=O) groups is 2. The summed E-state index contributed by atoms with van der Waals surface area (Å²) >= 11 is 0. The first-order valence-electron chi connectivity index (χ1n) is 8.20. The second-order valence-electron chi connectivity index (χ2n) is 6.12. The van der Waals surface area contributed by atoms with Gasteiger partial charge in [-0.2, -0.15) is 5.10 Å². The maximum Gasteiger partial charge on any atom is 0.326 e. The Labute approximate surface area is 140 Å². The van der Waals surface area contributed by atoms with Gasteiger partial charge in [0.15, 0.2) is 0 Å². The van der Waals surface area contributed by atoms with Crippen LogP contribution in [-0.2, 0) is 24.3 Å². The quantitative estimate of drug-likeness (QED) is 0.914. The predicted molar refractivity (Wildman–Crippen MR) is 88.6 cm³/mol. The van der Waals surface area contributed by atoms with Crippen LogP contribution in [0.4, 0.5) is 0 Å². The number of aliphatic carboxylic acids is 1. The Bertz CT molecular complexity index is 739. The van der Waals surface area contributed by atoms with Crippen molar-refractivity contribution in [3.05, 3.63) is 53.3 Å². The first-order valence-corrected chi connectivity index (χ1v) is 8.20. The van der Waals surface area contributed by atoms with Crippen molar-refractivity contribution >= 4 is 11.9 Å². The van der Waals surface area contributed by atoms with Crippen molar-refractivity contribution in [2.45, 2.75) is 45.3 Å². The lowest BCUT2D eigenvalue weighted by Gasteiger charge is -2.27. The maximum absolute atomic E-state index is 13.0. The summed E-state index contributed by atoms with van der Waals surface area (Å²) in [5.41, 5.74) is 2.35. The highest BCUT2D eigenvalue weighted by atomic mass is 16.4. The van der Waals surface area contributed by atoms with Crippen LogP contribution >= 0.6 is 0 Å². The van der Waals surface area contributed by atoms with Gasteiger partial charge in [-0.15, -0.1) is 0 Å². The number of amides is 1. The van der Waals surface area contributed by atoms with Gasteiger partial charge in [-0.25, -0.2) is 4.79 Å². The number of rotatable bonds is 5. The largest absolute Gasteiger partial charge is 0.480 e. The molecule has 0 saturated carbocycles. The number of carboxylic acids is 1. The smallest absolute Gasteiger partial charge is 0.326 e. The summed E-state index contributed by atoms with van der Waals surface area (Å²) in [5, 5.41) is 13.7. The summed E-state index contributed by atoms with van der Waals surface area (Å²) in [7, 11) is 0. The number of nitrogens with zero attached hydrogens (tertiary/aromatic N) is 3. The lowest BCUT2D eigenvalue weighted by molar-refractivity contribution is -0.141. The fourth-order valence-corrected chi connectivity index (χ4v) is 3.05. The van der Waals surface area contributed by atoms with Crippen molar-refractivity contribution < 1.29 is 14.7 Å². The fourth-order valence-electron chi connectivity index (χ4n) is 3.05. The summed E-state index contributed by atoms with van der Waals surface area (Å²) in [6.45, 7) is 2.62. The standard InChI is InChI=1S/C18H21N3O3/c1-13(18(23)24)20(12-14-7-3-2-4-8-14)17(22)15-11-19-21-10-6-5-9-16(15)21/h2-4,7-8,11,13H,5-6,9-10,12H2,1H3,(H,23,24). The Kier molecular flexibility index (Phi) is 4.64. The minimum Gasteiger partial charge on any atom is -0.480 e. The number of aromatic nitrogens is 2. The van der Waals surface area contributed by atoms with E-state index in [1.165, 1.54) is 4.90 Å². The van der Waals surface area contributed by atoms with E-state index < -0.39 is 12.0 Å². The zero-order valence-electron chi connectivity index (χ0n) is 13.7. The third kappa shape index (κ3) is 3.18. The van der Waals surface area contributed by atoms with Gasteiger partial charge < -0.3 is 10.0 Å². The van der Waals surface area contributed by atoms with Crippen LogP contribution in [0.5, 0.6) is 0 Å². The van der Waals surface area contributed by atoms with E-state index in [2.05, 4.69) is 5.10 Å². The number of aryl methyl sites for hydroxylation is 1. The van der Waals surface area contributed by atoms with Crippen molar-refractivity contribution in [2.75, 3.05) is 0 Å². The number of benzene rings is 1. The minimum atomic E-state index is -1.01. The van der Waals surface area contributed by atoms with E-state index in [1.807, 2.05) is 35.0 Å². The molecule has 6 heteroatoms. The van der Waals surface area contributed by atoms with Crippen LogP contribution in [0.2, 0.25) is 0 Å². The SMILES string of the molecule is CC(C(=O)O)N(Cc1ccccc1)C(=O)c1cnn2c1CCCC2. The molecule has 2 heterocycles. The lowest BCUT2D eigenvalue weighted by atomic mass is 10.0. The molecule has 2 aromatic rings. The second-order valence-corrected chi connectivity index (χ2v) is 6.12. The molecule has 0 spiro atoms. The Morgan fingerprint density at radius 2 is 2.04 bits per heavy atom. The molecule has 6 nitrogen and oxygen atoms in total. The van der Waals surface area contributed by atoms with Gasteiger partial charge in [0.2, 0.25) is 0 Å². The Morgan fingerprint density at radius 1 is 1.29 bits per heavy atom. The molecule has 0 radical (unpaired) electrons. The van der Waals surface area contributed by atoms with Gasteiger partial charge in [0.05, 0.1) is 17.5 Å².